The molecule has 2 aliphatic carbocycles. The molecule has 4 aliphatic rings. The first kappa shape index (κ1) is 32.0. The Hall–Kier alpha value is -4.18. The second kappa shape index (κ2) is 14.4. The lowest BCUT2D eigenvalue weighted by molar-refractivity contribution is -0.190. The summed E-state index contributed by atoms with van der Waals surface area (Å²) in [7, 11) is 0. The third kappa shape index (κ3) is 7.39. The summed E-state index contributed by atoms with van der Waals surface area (Å²) >= 11 is 0. The monoisotopic (exact) mass is 666 g/mol. The van der Waals surface area contributed by atoms with Gasteiger partial charge in [-0.3, -0.25) is 4.79 Å². The van der Waals surface area contributed by atoms with E-state index < -0.39 is 0 Å². The van der Waals surface area contributed by atoms with E-state index >= 15 is 0 Å². The van der Waals surface area contributed by atoms with E-state index in [9.17, 15) is 9.59 Å². The molecule has 2 aliphatic heterocycles. The molecule has 6 atom stereocenters. The van der Waals surface area contributed by atoms with E-state index in [4.69, 9.17) is 33.2 Å². The van der Waals surface area contributed by atoms with Crippen molar-refractivity contribution in [3.63, 3.8) is 0 Å². The lowest BCUT2D eigenvalue weighted by Gasteiger charge is -2.26. The molecule has 9 nitrogen and oxygen atoms in total. The first-order chi connectivity index (χ1) is 24.0. The summed E-state index contributed by atoms with van der Waals surface area (Å²) in [4.78, 5) is 26.4. The molecule has 0 amide bonds. The molecular formula is C40H42O9. The number of rotatable bonds is 10. The third-order valence-electron chi connectivity index (χ3n) is 10.4. The third-order valence-corrected chi connectivity index (χ3v) is 10.4. The van der Waals surface area contributed by atoms with Crippen molar-refractivity contribution < 1.29 is 42.7 Å². The van der Waals surface area contributed by atoms with E-state index in [0.29, 0.717) is 29.9 Å². The summed E-state index contributed by atoms with van der Waals surface area (Å²) in [6.45, 7) is 1.59. The lowest BCUT2D eigenvalue weighted by Crippen LogP contribution is -2.32. The summed E-state index contributed by atoms with van der Waals surface area (Å²) in [5.41, 5.74) is 0.509. The number of carbonyl (C=O) groups is 2. The minimum atomic E-state index is -0.337. The average molecular weight is 667 g/mol. The molecule has 4 aromatic rings. The van der Waals surface area contributed by atoms with E-state index in [1.54, 1.807) is 6.07 Å². The quantitative estimate of drug-likeness (QED) is 0.0949. The summed E-state index contributed by atoms with van der Waals surface area (Å²) < 4.78 is 40.6. The molecule has 6 unspecified atom stereocenters. The highest BCUT2D eigenvalue weighted by molar-refractivity contribution is 5.96. The van der Waals surface area contributed by atoms with Gasteiger partial charge in [0.2, 0.25) is 0 Å². The van der Waals surface area contributed by atoms with Crippen molar-refractivity contribution in [3.05, 3.63) is 78.4 Å². The Morgan fingerprint density at radius 2 is 1.31 bits per heavy atom. The van der Waals surface area contributed by atoms with Crippen LogP contribution in [0.3, 0.4) is 0 Å². The first-order valence-corrected chi connectivity index (χ1v) is 17.7. The standard InChI is InChI=1S/C40H42O9/c41-39(29-8-7-26-19-32(12-9-25(26)17-29)45-24-46-37-5-1-3-15-43-37)49-36-23-30-18-31(36)22-35(30)40(42)48-34-14-11-27-20-33(13-10-28(27)21-34)47-38-6-2-4-16-44-38/h7-14,17,19-21,30-31,35-38H,1-6,15-16,18,22-24H2. The highest BCUT2D eigenvalue weighted by Gasteiger charge is 2.51. The van der Waals surface area contributed by atoms with E-state index in [1.807, 2.05) is 66.7 Å². The maximum atomic E-state index is 13.3. The normalized spacial score (nSPS) is 26.4. The molecule has 0 N–H and O–H groups in total. The Labute approximate surface area is 285 Å². The first-order valence-electron chi connectivity index (χ1n) is 17.7. The molecule has 9 heteroatoms. The SMILES string of the molecule is O=C(OC1CC2CC1CC2C(=O)Oc1ccc2cc(OC3CCCCO3)ccc2c1)c1ccc2cc(OCOC3CCCCO3)ccc2c1. The predicted molar refractivity (Wildman–Crippen MR) is 181 cm³/mol. The average Bonchev–Trinajstić information content (AvgIpc) is 3.73. The van der Waals surface area contributed by atoms with Crippen molar-refractivity contribution in [2.75, 3.05) is 20.0 Å². The van der Waals surface area contributed by atoms with Gasteiger partial charge in [0.05, 0.1) is 18.1 Å². The van der Waals surface area contributed by atoms with Crippen LogP contribution in [0.15, 0.2) is 72.8 Å². The van der Waals surface area contributed by atoms with E-state index in [2.05, 4.69) is 0 Å². The molecular weight excluding hydrogens is 624 g/mol. The Bertz CT molecular complexity index is 1810. The van der Waals surface area contributed by atoms with Gasteiger partial charge in [0, 0.05) is 13.0 Å². The predicted octanol–water partition coefficient (Wildman–Crippen LogP) is 7.96. The summed E-state index contributed by atoms with van der Waals surface area (Å²) in [6, 6.07) is 22.9. The summed E-state index contributed by atoms with van der Waals surface area (Å²) in [6.07, 6.45) is 7.74. The lowest BCUT2D eigenvalue weighted by atomic mass is 9.87. The zero-order chi connectivity index (χ0) is 33.2. The van der Waals surface area contributed by atoms with Crippen molar-refractivity contribution >= 4 is 33.5 Å². The van der Waals surface area contributed by atoms with Crippen molar-refractivity contribution in [2.45, 2.75) is 76.5 Å². The van der Waals surface area contributed by atoms with Gasteiger partial charge in [-0.1, -0.05) is 24.3 Å². The van der Waals surface area contributed by atoms with E-state index in [-0.39, 0.29) is 55.2 Å². The van der Waals surface area contributed by atoms with Crippen LogP contribution in [-0.2, 0) is 23.7 Å². The van der Waals surface area contributed by atoms with Crippen molar-refractivity contribution in [1.29, 1.82) is 0 Å². The van der Waals surface area contributed by atoms with Gasteiger partial charge in [-0.25, -0.2) is 4.79 Å². The number of benzene rings is 4. The van der Waals surface area contributed by atoms with Gasteiger partial charge in [0.25, 0.3) is 0 Å². The highest BCUT2D eigenvalue weighted by Crippen LogP contribution is 2.50. The van der Waals surface area contributed by atoms with Gasteiger partial charge in [-0.2, -0.15) is 0 Å². The number of hydrogen-bond donors (Lipinski definition) is 0. The maximum Gasteiger partial charge on any atom is 0.338 e. The topological polar surface area (TPSA) is 98.8 Å². The Kier molecular flexibility index (Phi) is 9.39. The van der Waals surface area contributed by atoms with E-state index in [1.165, 1.54) is 0 Å². The molecule has 4 fully saturated rings. The smallest absolute Gasteiger partial charge is 0.338 e. The largest absolute Gasteiger partial charge is 0.467 e. The van der Waals surface area contributed by atoms with Gasteiger partial charge in [-0.15, -0.1) is 0 Å². The van der Waals surface area contributed by atoms with Gasteiger partial charge in [-0.05, 0) is 133 Å². The molecule has 2 bridgehead atoms. The Balaban J connectivity index is 0.823. The molecule has 2 heterocycles. The second-order valence-electron chi connectivity index (χ2n) is 13.7. The fraction of sp³-hybridized carbons (Fsp3) is 0.450. The number of hydrogen-bond acceptors (Lipinski definition) is 9. The number of ether oxygens (including phenoxy) is 7. The van der Waals surface area contributed by atoms with Crippen LogP contribution < -0.4 is 14.2 Å². The molecule has 256 valence electrons. The van der Waals surface area contributed by atoms with Crippen LogP contribution in [0.2, 0.25) is 0 Å². The number of fused-ring (bicyclic) bond motifs is 4. The Morgan fingerprint density at radius 3 is 2.02 bits per heavy atom. The maximum absolute atomic E-state index is 13.3. The van der Waals surface area contributed by atoms with Crippen molar-refractivity contribution in [3.8, 4) is 17.2 Å². The van der Waals surface area contributed by atoms with Gasteiger partial charge < -0.3 is 33.2 Å². The highest BCUT2D eigenvalue weighted by atomic mass is 16.7. The zero-order valence-electron chi connectivity index (χ0n) is 27.6. The van der Waals surface area contributed by atoms with E-state index in [0.717, 1.165) is 85.5 Å². The second-order valence-corrected chi connectivity index (χ2v) is 13.7. The van der Waals surface area contributed by atoms with Crippen LogP contribution >= 0.6 is 0 Å². The van der Waals surface area contributed by atoms with Crippen LogP contribution in [-0.4, -0.2) is 50.6 Å². The molecule has 49 heavy (non-hydrogen) atoms. The molecule has 2 saturated heterocycles. The van der Waals surface area contributed by atoms with Crippen molar-refractivity contribution in [2.24, 2.45) is 17.8 Å². The van der Waals surface area contributed by atoms with Crippen molar-refractivity contribution in [1.82, 2.24) is 0 Å². The molecule has 4 aromatic carbocycles. The minimum Gasteiger partial charge on any atom is -0.467 e. The Morgan fingerprint density at radius 1 is 0.653 bits per heavy atom. The van der Waals surface area contributed by atoms with Crippen LogP contribution in [0.5, 0.6) is 17.2 Å². The molecule has 0 radical (unpaired) electrons. The number of esters is 2. The molecule has 2 saturated carbocycles. The molecule has 8 rings (SSSR count). The number of carbonyl (C=O) groups excluding carboxylic acids is 2. The van der Waals surface area contributed by atoms with Gasteiger partial charge in [0.1, 0.15) is 23.4 Å². The van der Waals surface area contributed by atoms with Crippen LogP contribution in [0, 0.1) is 17.8 Å². The van der Waals surface area contributed by atoms with Gasteiger partial charge >= 0.3 is 11.9 Å². The van der Waals surface area contributed by atoms with Crippen LogP contribution in [0.4, 0.5) is 0 Å². The zero-order valence-corrected chi connectivity index (χ0v) is 27.6. The molecule has 0 aromatic heterocycles. The fourth-order valence-electron chi connectivity index (χ4n) is 7.81. The fourth-order valence-corrected chi connectivity index (χ4v) is 7.81. The van der Waals surface area contributed by atoms with Crippen LogP contribution in [0.25, 0.3) is 21.5 Å². The molecule has 0 spiro atoms. The van der Waals surface area contributed by atoms with Gasteiger partial charge in [0.15, 0.2) is 19.4 Å². The summed E-state index contributed by atoms with van der Waals surface area (Å²) in [5.74, 6) is 1.54. The van der Waals surface area contributed by atoms with Crippen LogP contribution in [0.1, 0.15) is 68.1 Å². The summed E-state index contributed by atoms with van der Waals surface area (Å²) in [5, 5.41) is 3.86. The minimum absolute atomic E-state index is 0.125.